The van der Waals surface area contributed by atoms with Crippen LogP contribution in [0, 0.1) is 41.5 Å². The Morgan fingerprint density at radius 2 is 0.600 bits per heavy atom. The van der Waals surface area contributed by atoms with Gasteiger partial charge in [-0.05, 0) is 157 Å². The molecule has 60 heavy (non-hydrogen) atoms. The van der Waals surface area contributed by atoms with Gasteiger partial charge in [0.05, 0.1) is 11.4 Å². The molecule has 0 aliphatic carbocycles. The van der Waals surface area contributed by atoms with Gasteiger partial charge in [-0.25, -0.2) is 0 Å². The smallest absolute Gasteiger partial charge is 0.0520 e. The summed E-state index contributed by atoms with van der Waals surface area (Å²) in [6.07, 6.45) is 8.69. The van der Waals surface area contributed by atoms with Crippen LogP contribution in [-0.2, 0) is 0 Å². The molecule has 0 fully saturated rings. The van der Waals surface area contributed by atoms with Crippen molar-refractivity contribution < 1.29 is 0 Å². The molecule has 0 aliphatic heterocycles. The number of hydrogen-bond donors (Lipinski definition) is 0. The number of benzene rings is 8. The third kappa shape index (κ3) is 8.65. The average Bonchev–Trinajstić information content (AvgIpc) is 3.26. The zero-order valence-corrected chi connectivity index (χ0v) is 35.5. The van der Waals surface area contributed by atoms with E-state index in [1.165, 1.54) is 89.5 Å². The third-order valence-electron chi connectivity index (χ3n) is 11.4. The molecule has 2 nitrogen and oxygen atoms in total. The van der Waals surface area contributed by atoms with E-state index in [2.05, 4.69) is 258 Å². The second-order valence-corrected chi connectivity index (χ2v) is 15.8. The van der Waals surface area contributed by atoms with Crippen LogP contribution in [0.4, 0.5) is 34.1 Å². The fourth-order valence-electron chi connectivity index (χ4n) is 8.25. The highest BCUT2D eigenvalue weighted by molar-refractivity contribution is 5.86. The first-order chi connectivity index (χ1) is 29.2. The highest BCUT2D eigenvalue weighted by Gasteiger charge is 2.21. The minimum Gasteiger partial charge on any atom is -0.310 e. The molecule has 0 aliphatic rings. The van der Waals surface area contributed by atoms with E-state index >= 15 is 0 Å². The molecular weight excluding hydrogens is 725 g/mol. The predicted octanol–water partition coefficient (Wildman–Crippen LogP) is 16.5. The zero-order chi connectivity index (χ0) is 41.6. The van der Waals surface area contributed by atoms with Crippen LogP contribution in [0.1, 0.15) is 55.6 Å². The molecule has 8 rings (SSSR count). The number of hydrogen-bond acceptors (Lipinski definition) is 2. The molecule has 0 heterocycles. The van der Waals surface area contributed by atoms with Gasteiger partial charge < -0.3 is 9.80 Å². The number of rotatable bonds is 11. The summed E-state index contributed by atoms with van der Waals surface area (Å²) in [6, 6.07) is 65.6. The fraction of sp³-hybridized carbons (Fsp3) is 0.103. The van der Waals surface area contributed by atoms with Crippen LogP contribution >= 0.6 is 0 Å². The lowest BCUT2D eigenvalue weighted by Crippen LogP contribution is -2.14. The summed E-state index contributed by atoms with van der Waals surface area (Å²) in [6.45, 7) is 13.3. The van der Waals surface area contributed by atoms with E-state index in [0.29, 0.717) is 0 Å². The second kappa shape index (κ2) is 17.8. The first-order valence-electron chi connectivity index (χ1n) is 20.8. The molecule has 0 amide bonds. The lowest BCUT2D eigenvalue weighted by atomic mass is 9.97. The molecule has 0 saturated heterocycles. The molecule has 8 aromatic carbocycles. The van der Waals surface area contributed by atoms with Crippen molar-refractivity contribution in [2.45, 2.75) is 41.5 Å². The van der Waals surface area contributed by atoms with Crippen LogP contribution in [0.5, 0.6) is 0 Å². The average molecular weight is 777 g/mol. The fourth-order valence-corrected chi connectivity index (χ4v) is 8.25. The Hall–Kier alpha value is -7.16. The van der Waals surface area contributed by atoms with Crippen molar-refractivity contribution in [1.82, 2.24) is 0 Å². The van der Waals surface area contributed by atoms with E-state index in [1.807, 2.05) is 0 Å². The van der Waals surface area contributed by atoms with E-state index in [0.717, 1.165) is 11.4 Å². The molecular formula is C58H52N2. The normalized spacial score (nSPS) is 11.4. The van der Waals surface area contributed by atoms with Crippen LogP contribution in [0.3, 0.4) is 0 Å². The van der Waals surface area contributed by atoms with Crippen LogP contribution in [0.15, 0.2) is 182 Å². The molecule has 0 saturated carbocycles. The summed E-state index contributed by atoms with van der Waals surface area (Å²) in [5.41, 5.74) is 21.5. The van der Waals surface area contributed by atoms with Crippen LogP contribution < -0.4 is 9.80 Å². The van der Waals surface area contributed by atoms with E-state index < -0.39 is 0 Å². The van der Waals surface area contributed by atoms with Gasteiger partial charge in [-0.2, -0.15) is 0 Å². The Balaban J connectivity index is 1.13. The number of para-hydroxylation sites is 2. The van der Waals surface area contributed by atoms with Crippen molar-refractivity contribution >= 4 is 58.4 Å². The maximum absolute atomic E-state index is 2.42. The van der Waals surface area contributed by atoms with Crippen LogP contribution in [0.25, 0.3) is 35.4 Å². The monoisotopic (exact) mass is 776 g/mol. The first kappa shape index (κ1) is 39.7. The van der Waals surface area contributed by atoms with E-state index in [-0.39, 0.29) is 0 Å². The maximum Gasteiger partial charge on any atom is 0.0520 e. The SMILES string of the molecule is Cc1cc(-c2ccc(N(c3ccc(/C=C/c4ccccc4)cc3)c3c(C)cccc3C)c(C)c2)ccc1N(c1ccc(/C=C/c2ccccc2)cc1)c1c(C)cccc1C. The Labute approximate surface area is 357 Å². The van der Waals surface area contributed by atoms with Crippen molar-refractivity contribution in [1.29, 1.82) is 0 Å². The number of anilines is 6. The maximum atomic E-state index is 2.42. The van der Waals surface area contributed by atoms with Gasteiger partial charge >= 0.3 is 0 Å². The molecule has 0 radical (unpaired) electrons. The van der Waals surface area contributed by atoms with Crippen LogP contribution in [-0.4, -0.2) is 0 Å². The van der Waals surface area contributed by atoms with Crippen molar-refractivity contribution in [2.24, 2.45) is 0 Å². The summed E-state index contributed by atoms with van der Waals surface area (Å²) >= 11 is 0. The minimum atomic E-state index is 1.13. The summed E-state index contributed by atoms with van der Waals surface area (Å²) in [4.78, 5) is 4.85. The van der Waals surface area contributed by atoms with Gasteiger partial charge in [0, 0.05) is 22.7 Å². The molecule has 0 unspecified atom stereocenters. The topological polar surface area (TPSA) is 6.48 Å². The Bertz CT molecular complexity index is 2560. The Morgan fingerprint density at radius 3 is 0.917 bits per heavy atom. The third-order valence-corrected chi connectivity index (χ3v) is 11.4. The van der Waals surface area contributed by atoms with Gasteiger partial charge in [0.2, 0.25) is 0 Å². The first-order valence-corrected chi connectivity index (χ1v) is 20.8. The van der Waals surface area contributed by atoms with E-state index in [9.17, 15) is 0 Å². The molecule has 2 heteroatoms. The van der Waals surface area contributed by atoms with Gasteiger partial charge in [0.25, 0.3) is 0 Å². The summed E-state index contributed by atoms with van der Waals surface area (Å²) in [5.74, 6) is 0. The highest BCUT2D eigenvalue weighted by atomic mass is 15.2. The van der Waals surface area contributed by atoms with Crippen LogP contribution in [0.2, 0.25) is 0 Å². The second-order valence-electron chi connectivity index (χ2n) is 15.8. The van der Waals surface area contributed by atoms with E-state index in [1.54, 1.807) is 0 Å². The number of aryl methyl sites for hydroxylation is 6. The molecule has 0 spiro atoms. The van der Waals surface area contributed by atoms with Crippen molar-refractivity contribution in [3.05, 3.63) is 238 Å². The van der Waals surface area contributed by atoms with Gasteiger partial charge in [-0.3, -0.25) is 0 Å². The quantitative estimate of drug-likeness (QED) is 0.121. The zero-order valence-electron chi connectivity index (χ0n) is 35.5. The standard InChI is InChI=1S/C58H52N2/c1-41-15-13-16-42(2)57(41)59(53-33-27-49(28-34-53)25-23-47-19-9-7-10-20-47)55-37-31-51(39-45(55)5)52-32-38-56(46(6)40-52)60(58-43(3)17-14-18-44(58)4)54-35-29-50(30-36-54)26-24-48-21-11-8-12-22-48/h7-40H,1-6H3/b25-23+,26-24+. The molecule has 0 atom stereocenters. The summed E-state index contributed by atoms with van der Waals surface area (Å²) in [5, 5.41) is 0. The Morgan fingerprint density at radius 1 is 0.283 bits per heavy atom. The largest absolute Gasteiger partial charge is 0.310 e. The highest BCUT2D eigenvalue weighted by Crippen LogP contribution is 2.44. The molecule has 294 valence electrons. The van der Waals surface area contributed by atoms with Gasteiger partial charge in [0.1, 0.15) is 0 Å². The Kier molecular flexibility index (Phi) is 11.7. The van der Waals surface area contributed by atoms with Gasteiger partial charge in [0.15, 0.2) is 0 Å². The summed E-state index contributed by atoms with van der Waals surface area (Å²) < 4.78 is 0. The molecule has 0 aromatic heterocycles. The van der Waals surface area contributed by atoms with Gasteiger partial charge in [-0.1, -0.05) is 158 Å². The number of nitrogens with zero attached hydrogens (tertiary/aromatic N) is 2. The molecule has 0 bridgehead atoms. The summed E-state index contributed by atoms with van der Waals surface area (Å²) in [7, 11) is 0. The van der Waals surface area contributed by atoms with Crippen molar-refractivity contribution in [2.75, 3.05) is 9.80 Å². The lowest BCUT2D eigenvalue weighted by molar-refractivity contribution is 1.20. The van der Waals surface area contributed by atoms with Crippen molar-refractivity contribution in [3.63, 3.8) is 0 Å². The van der Waals surface area contributed by atoms with Crippen molar-refractivity contribution in [3.8, 4) is 11.1 Å². The molecule has 8 aromatic rings. The lowest BCUT2D eigenvalue weighted by Gasteiger charge is -2.31. The van der Waals surface area contributed by atoms with E-state index in [4.69, 9.17) is 0 Å². The van der Waals surface area contributed by atoms with Gasteiger partial charge in [-0.15, -0.1) is 0 Å². The minimum absolute atomic E-state index is 1.13. The predicted molar refractivity (Wildman–Crippen MR) is 260 cm³/mol. The molecule has 0 N–H and O–H groups in total.